The zero-order chi connectivity index (χ0) is 23.8. The Morgan fingerprint density at radius 3 is 2.44 bits per heavy atom. The topological polar surface area (TPSA) is 50.6 Å². The first-order chi connectivity index (χ1) is 16.4. The normalized spacial score (nSPS) is 14.6. The molecule has 0 atom stereocenters. The van der Waals surface area contributed by atoms with Gasteiger partial charge in [0.15, 0.2) is 0 Å². The molecule has 2 aromatic heterocycles. The van der Waals surface area contributed by atoms with Crippen molar-refractivity contribution in [2.24, 2.45) is 0 Å². The van der Waals surface area contributed by atoms with Crippen LogP contribution >= 0.6 is 34.5 Å². The lowest BCUT2D eigenvalue weighted by Gasteiger charge is -2.34. The van der Waals surface area contributed by atoms with Crippen LogP contribution < -0.4 is 4.74 Å². The van der Waals surface area contributed by atoms with Crippen molar-refractivity contribution in [3.63, 3.8) is 0 Å². The number of carbonyl (C=O) groups excluding carboxylic acids is 1. The van der Waals surface area contributed by atoms with Crippen LogP contribution in [-0.4, -0.2) is 58.8 Å². The van der Waals surface area contributed by atoms with E-state index < -0.39 is 0 Å². The van der Waals surface area contributed by atoms with Crippen LogP contribution in [0.15, 0.2) is 48.5 Å². The minimum absolute atomic E-state index is 0.0724. The Hall–Kier alpha value is -2.58. The van der Waals surface area contributed by atoms with Gasteiger partial charge in [-0.05, 0) is 55.5 Å². The molecule has 6 nitrogen and oxygen atoms in total. The third kappa shape index (κ3) is 4.53. The molecule has 1 aliphatic heterocycles. The molecular formula is C25H24Cl2N4O2S. The third-order valence-corrected chi connectivity index (χ3v) is 7.71. The van der Waals surface area contributed by atoms with E-state index in [1.54, 1.807) is 7.11 Å². The predicted molar refractivity (Wildman–Crippen MR) is 138 cm³/mol. The van der Waals surface area contributed by atoms with Crippen LogP contribution in [0.25, 0.3) is 15.9 Å². The minimum atomic E-state index is 0.0724. The Morgan fingerprint density at radius 1 is 1.03 bits per heavy atom. The zero-order valence-corrected chi connectivity index (χ0v) is 21.3. The molecule has 1 fully saturated rings. The number of aromatic nitrogens is 2. The van der Waals surface area contributed by atoms with Gasteiger partial charge in [0.1, 0.15) is 10.6 Å². The fraction of sp³-hybridized carbons (Fsp3) is 0.280. The largest absolute Gasteiger partial charge is 0.496 e. The molecule has 34 heavy (non-hydrogen) atoms. The van der Waals surface area contributed by atoms with Crippen molar-refractivity contribution in [1.29, 1.82) is 0 Å². The van der Waals surface area contributed by atoms with Gasteiger partial charge in [0, 0.05) is 53.7 Å². The first-order valence-corrected chi connectivity index (χ1v) is 12.6. The number of amides is 1. The molecule has 0 bridgehead atoms. The molecule has 1 aliphatic rings. The summed E-state index contributed by atoms with van der Waals surface area (Å²) < 4.78 is 7.36. The maximum atomic E-state index is 13.3. The molecular weight excluding hydrogens is 491 g/mol. The number of benzene rings is 2. The van der Waals surface area contributed by atoms with Crippen molar-refractivity contribution in [2.75, 3.05) is 33.3 Å². The summed E-state index contributed by atoms with van der Waals surface area (Å²) in [6, 6.07) is 15.2. The fourth-order valence-electron chi connectivity index (χ4n) is 4.29. The van der Waals surface area contributed by atoms with Gasteiger partial charge in [-0.2, -0.15) is 5.10 Å². The molecule has 4 aromatic rings. The number of methoxy groups -OCH3 is 1. The average Bonchev–Trinajstić information content (AvgIpc) is 3.40. The zero-order valence-electron chi connectivity index (χ0n) is 18.9. The Labute approximate surface area is 212 Å². The third-order valence-electron chi connectivity index (χ3n) is 6.12. The second-order valence-corrected chi connectivity index (χ2v) is 10.2. The molecule has 0 saturated carbocycles. The molecule has 0 unspecified atom stereocenters. The van der Waals surface area contributed by atoms with E-state index in [0.717, 1.165) is 57.4 Å². The summed E-state index contributed by atoms with van der Waals surface area (Å²) in [4.78, 5) is 19.3. The van der Waals surface area contributed by atoms with E-state index in [0.29, 0.717) is 23.1 Å². The number of carbonyl (C=O) groups is 1. The molecule has 0 N–H and O–H groups in total. The fourth-order valence-corrected chi connectivity index (χ4v) is 5.76. The summed E-state index contributed by atoms with van der Waals surface area (Å²) >= 11 is 13.7. The Kier molecular flexibility index (Phi) is 6.53. The number of hydrogen-bond donors (Lipinski definition) is 0. The molecule has 2 aromatic carbocycles. The van der Waals surface area contributed by atoms with E-state index in [1.807, 2.05) is 65.0 Å². The first kappa shape index (κ1) is 23.2. The summed E-state index contributed by atoms with van der Waals surface area (Å²) in [5, 5.41) is 7.05. The monoisotopic (exact) mass is 514 g/mol. The standard InChI is InChI=1S/C25H24Cl2N4O2S/c1-16-21-14-23(34-25(21)31(28-16)20-6-3-18(26)4-7-20)24(32)30-11-9-29(10-12-30)15-17-13-19(27)5-8-22(17)33-2/h3-8,13-14H,9-12,15H2,1-2H3. The van der Waals surface area contributed by atoms with Gasteiger partial charge in [-0.15, -0.1) is 11.3 Å². The van der Waals surface area contributed by atoms with Gasteiger partial charge in [-0.25, -0.2) is 4.68 Å². The smallest absolute Gasteiger partial charge is 0.264 e. The van der Waals surface area contributed by atoms with Crippen molar-refractivity contribution in [1.82, 2.24) is 19.6 Å². The molecule has 9 heteroatoms. The summed E-state index contributed by atoms with van der Waals surface area (Å²) in [6.45, 7) is 5.66. The van der Waals surface area contributed by atoms with Gasteiger partial charge in [0.05, 0.1) is 23.4 Å². The first-order valence-electron chi connectivity index (χ1n) is 11.0. The number of rotatable bonds is 5. The van der Waals surface area contributed by atoms with E-state index in [4.69, 9.17) is 27.9 Å². The lowest BCUT2D eigenvalue weighted by atomic mass is 10.1. The summed E-state index contributed by atoms with van der Waals surface area (Å²) in [5.74, 6) is 0.904. The minimum Gasteiger partial charge on any atom is -0.496 e. The number of fused-ring (bicyclic) bond motifs is 1. The second-order valence-electron chi connectivity index (χ2n) is 8.33. The van der Waals surface area contributed by atoms with Crippen LogP contribution in [0.4, 0.5) is 0 Å². The highest BCUT2D eigenvalue weighted by atomic mass is 35.5. The van der Waals surface area contributed by atoms with Gasteiger partial charge in [0.25, 0.3) is 5.91 Å². The van der Waals surface area contributed by atoms with E-state index >= 15 is 0 Å². The summed E-state index contributed by atoms with van der Waals surface area (Å²) in [5.41, 5.74) is 2.88. The molecule has 0 aliphatic carbocycles. The maximum absolute atomic E-state index is 13.3. The molecule has 176 valence electrons. The van der Waals surface area contributed by atoms with Crippen LogP contribution in [0, 0.1) is 6.92 Å². The molecule has 0 spiro atoms. The molecule has 3 heterocycles. The van der Waals surface area contributed by atoms with E-state index in [1.165, 1.54) is 11.3 Å². The molecule has 5 rings (SSSR count). The van der Waals surface area contributed by atoms with Crippen LogP contribution in [0.3, 0.4) is 0 Å². The Morgan fingerprint density at radius 2 is 1.74 bits per heavy atom. The van der Waals surface area contributed by atoms with E-state index in [2.05, 4.69) is 10.00 Å². The molecule has 1 amide bonds. The summed E-state index contributed by atoms with van der Waals surface area (Å²) in [7, 11) is 1.67. The van der Waals surface area contributed by atoms with Crippen molar-refractivity contribution in [3.05, 3.63) is 74.7 Å². The van der Waals surface area contributed by atoms with Crippen molar-refractivity contribution < 1.29 is 9.53 Å². The van der Waals surface area contributed by atoms with Gasteiger partial charge in [0.2, 0.25) is 0 Å². The van der Waals surface area contributed by atoms with Crippen LogP contribution in [-0.2, 0) is 6.54 Å². The van der Waals surface area contributed by atoms with E-state index in [9.17, 15) is 4.79 Å². The van der Waals surface area contributed by atoms with Gasteiger partial charge < -0.3 is 9.64 Å². The number of nitrogens with zero attached hydrogens (tertiary/aromatic N) is 4. The van der Waals surface area contributed by atoms with Gasteiger partial charge in [-0.3, -0.25) is 9.69 Å². The SMILES string of the molecule is COc1ccc(Cl)cc1CN1CCN(C(=O)c2cc3c(C)nn(-c4ccc(Cl)cc4)c3s2)CC1. The highest BCUT2D eigenvalue weighted by Crippen LogP contribution is 2.32. The van der Waals surface area contributed by atoms with Crippen molar-refractivity contribution in [3.8, 4) is 11.4 Å². The molecule has 0 radical (unpaired) electrons. The van der Waals surface area contributed by atoms with Gasteiger partial charge in [-0.1, -0.05) is 23.2 Å². The predicted octanol–water partition coefficient (Wildman–Crippen LogP) is 5.67. The van der Waals surface area contributed by atoms with E-state index in [-0.39, 0.29) is 5.91 Å². The number of ether oxygens (including phenoxy) is 1. The quantitative estimate of drug-likeness (QED) is 0.344. The number of piperazine rings is 1. The average molecular weight is 515 g/mol. The lowest BCUT2D eigenvalue weighted by Crippen LogP contribution is -2.48. The molecule has 1 saturated heterocycles. The van der Waals surface area contributed by atoms with Crippen molar-refractivity contribution in [2.45, 2.75) is 13.5 Å². The highest BCUT2D eigenvalue weighted by Gasteiger charge is 2.25. The Balaban J connectivity index is 1.29. The number of hydrogen-bond acceptors (Lipinski definition) is 5. The number of halogens is 2. The van der Waals surface area contributed by atoms with Gasteiger partial charge >= 0.3 is 0 Å². The van der Waals surface area contributed by atoms with Crippen LogP contribution in [0.1, 0.15) is 20.9 Å². The maximum Gasteiger partial charge on any atom is 0.264 e. The number of thiophene rings is 1. The van der Waals surface area contributed by atoms with Crippen LogP contribution in [0.5, 0.6) is 5.75 Å². The van der Waals surface area contributed by atoms with Crippen molar-refractivity contribution >= 4 is 50.7 Å². The Bertz CT molecular complexity index is 1340. The second kappa shape index (κ2) is 9.58. The highest BCUT2D eigenvalue weighted by molar-refractivity contribution is 7.20. The van der Waals surface area contributed by atoms with Crippen LogP contribution in [0.2, 0.25) is 10.0 Å². The summed E-state index contributed by atoms with van der Waals surface area (Å²) in [6.07, 6.45) is 0. The number of aryl methyl sites for hydroxylation is 1. The lowest BCUT2D eigenvalue weighted by molar-refractivity contribution is 0.0632.